The Morgan fingerprint density at radius 2 is 1.35 bits per heavy atom. The molecule has 0 aromatic heterocycles. The number of unbranched alkanes of at least 4 members (excludes halogenated alkanes) is 7. The summed E-state index contributed by atoms with van der Waals surface area (Å²) in [5.41, 5.74) is 0. The fourth-order valence-corrected chi connectivity index (χ4v) is 1.73. The zero-order valence-corrected chi connectivity index (χ0v) is 11.3. The Bertz CT molecular complexity index is 241. The Morgan fingerprint density at radius 3 is 1.88 bits per heavy atom. The van der Waals surface area contributed by atoms with Crippen LogP contribution in [0.15, 0.2) is 12.2 Å². The third-order valence-corrected chi connectivity index (χ3v) is 2.78. The quantitative estimate of drug-likeness (QED) is 0.399. The van der Waals surface area contributed by atoms with Crippen LogP contribution in [0.25, 0.3) is 0 Å². The van der Waals surface area contributed by atoms with Crippen LogP contribution in [0, 0.1) is 0 Å². The van der Waals surface area contributed by atoms with Gasteiger partial charge in [0, 0.05) is 6.42 Å². The minimum Gasteiger partial charge on any atom is -0.295 e. The minimum atomic E-state index is -0.0609. The molecule has 0 unspecified atom stereocenters. The van der Waals surface area contributed by atoms with E-state index in [1.54, 1.807) is 0 Å². The highest BCUT2D eigenvalue weighted by Gasteiger charge is 1.97. The third-order valence-electron chi connectivity index (χ3n) is 2.78. The molecule has 0 spiro atoms. The first-order chi connectivity index (χ1) is 8.16. The standard InChI is InChI=1S/C15H26O2/c1-3-4-5-6-7-8-9-10-11-15(17)13-12-14(2)16/h12-13H,3-11H2,1-2H3/b13-12+. The summed E-state index contributed by atoms with van der Waals surface area (Å²) >= 11 is 0. The van der Waals surface area contributed by atoms with E-state index in [1.165, 1.54) is 57.6 Å². The van der Waals surface area contributed by atoms with Crippen molar-refractivity contribution in [1.29, 1.82) is 0 Å². The van der Waals surface area contributed by atoms with Crippen LogP contribution in [0.5, 0.6) is 0 Å². The summed E-state index contributed by atoms with van der Waals surface area (Å²) in [6, 6.07) is 0. The molecule has 2 nitrogen and oxygen atoms in total. The second-order valence-corrected chi connectivity index (χ2v) is 4.64. The second-order valence-electron chi connectivity index (χ2n) is 4.64. The largest absolute Gasteiger partial charge is 0.295 e. The van der Waals surface area contributed by atoms with Gasteiger partial charge in [-0.1, -0.05) is 51.9 Å². The van der Waals surface area contributed by atoms with Crippen molar-refractivity contribution in [3.05, 3.63) is 12.2 Å². The maximum atomic E-state index is 11.3. The maximum Gasteiger partial charge on any atom is 0.155 e. The van der Waals surface area contributed by atoms with E-state index in [-0.39, 0.29) is 11.6 Å². The zero-order chi connectivity index (χ0) is 12.9. The van der Waals surface area contributed by atoms with E-state index in [1.807, 2.05) is 0 Å². The van der Waals surface area contributed by atoms with E-state index < -0.39 is 0 Å². The molecule has 0 rings (SSSR count). The molecule has 0 bridgehead atoms. The van der Waals surface area contributed by atoms with Crippen molar-refractivity contribution in [1.82, 2.24) is 0 Å². The van der Waals surface area contributed by atoms with Gasteiger partial charge in [0.25, 0.3) is 0 Å². The molecule has 0 saturated heterocycles. The fourth-order valence-electron chi connectivity index (χ4n) is 1.73. The van der Waals surface area contributed by atoms with Crippen molar-refractivity contribution in [2.75, 3.05) is 0 Å². The molecule has 0 fully saturated rings. The first-order valence-electron chi connectivity index (χ1n) is 6.88. The lowest BCUT2D eigenvalue weighted by atomic mass is 10.1. The van der Waals surface area contributed by atoms with Gasteiger partial charge in [-0.05, 0) is 25.5 Å². The summed E-state index contributed by atoms with van der Waals surface area (Å²) in [7, 11) is 0. The summed E-state index contributed by atoms with van der Waals surface area (Å²) < 4.78 is 0. The van der Waals surface area contributed by atoms with Gasteiger partial charge in [-0.3, -0.25) is 9.59 Å². The van der Waals surface area contributed by atoms with E-state index in [2.05, 4.69) is 6.92 Å². The number of ketones is 2. The molecule has 98 valence electrons. The van der Waals surface area contributed by atoms with Gasteiger partial charge in [-0.25, -0.2) is 0 Å². The number of carbonyl (C=O) groups is 2. The van der Waals surface area contributed by atoms with Crippen LogP contribution in [0.3, 0.4) is 0 Å². The second kappa shape index (κ2) is 11.6. The van der Waals surface area contributed by atoms with Crippen molar-refractivity contribution < 1.29 is 9.59 Å². The van der Waals surface area contributed by atoms with Gasteiger partial charge in [0.2, 0.25) is 0 Å². The van der Waals surface area contributed by atoms with Crippen molar-refractivity contribution in [2.45, 2.75) is 71.6 Å². The number of rotatable bonds is 11. The van der Waals surface area contributed by atoms with E-state index in [4.69, 9.17) is 0 Å². The van der Waals surface area contributed by atoms with Crippen LogP contribution in [-0.4, -0.2) is 11.6 Å². The highest BCUT2D eigenvalue weighted by Crippen LogP contribution is 2.09. The van der Waals surface area contributed by atoms with Crippen LogP contribution in [-0.2, 0) is 9.59 Å². The Hall–Kier alpha value is -0.920. The highest BCUT2D eigenvalue weighted by atomic mass is 16.1. The molecule has 0 heterocycles. The minimum absolute atomic E-state index is 0.0609. The number of hydrogen-bond acceptors (Lipinski definition) is 2. The first kappa shape index (κ1) is 16.1. The van der Waals surface area contributed by atoms with Gasteiger partial charge < -0.3 is 0 Å². The summed E-state index contributed by atoms with van der Waals surface area (Å²) in [4.78, 5) is 21.9. The monoisotopic (exact) mass is 238 g/mol. The Labute approximate surface area is 105 Å². The van der Waals surface area contributed by atoms with E-state index >= 15 is 0 Å². The molecular formula is C15H26O2. The molecule has 0 radical (unpaired) electrons. The maximum absolute atomic E-state index is 11.3. The lowest BCUT2D eigenvalue weighted by Gasteiger charge is -2.00. The molecular weight excluding hydrogens is 212 g/mol. The molecule has 0 aromatic rings. The van der Waals surface area contributed by atoms with Gasteiger partial charge in [-0.2, -0.15) is 0 Å². The van der Waals surface area contributed by atoms with Crippen LogP contribution in [0.2, 0.25) is 0 Å². The number of carbonyl (C=O) groups excluding carboxylic acids is 2. The zero-order valence-electron chi connectivity index (χ0n) is 11.3. The summed E-state index contributed by atoms with van der Waals surface area (Å²) in [6.07, 6.45) is 13.2. The van der Waals surface area contributed by atoms with Crippen molar-refractivity contribution in [2.24, 2.45) is 0 Å². The molecule has 0 aliphatic carbocycles. The average molecular weight is 238 g/mol. The first-order valence-corrected chi connectivity index (χ1v) is 6.88. The fraction of sp³-hybridized carbons (Fsp3) is 0.733. The van der Waals surface area contributed by atoms with Crippen molar-refractivity contribution >= 4 is 11.6 Å². The third kappa shape index (κ3) is 13.0. The SMILES string of the molecule is CCCCCCCCCCC(=O)/C=C/C(C)=O. The molecule has 0 amide bonds. The van der Waals surface area contributed by atoms with Crippen LogP contribution in [0.4, 0.5) is 0 Å². The molecule has 0 aromatic carbocycles. The Kier molecular flexibility index (Phi) is 10.9. The highest BCUT2D eigenvalue weighted by molar-refractivity contribution is 5.97. The van der Waals surface area contributed by atoms with E-state index in [0.717, 1.165) is 12.8 Å². The number of hydrogen-bond donors (Lipinski definition) is 0. The van der Waals surface area contributed by atoms with Crippen LogP contribution >= 0.6 is 0 Å². The van der Waals surface area contributed by atoms with Crippen LogP contribution in [0.1, 0.15) is 71.6 Å². The summed E-state index contributed by atoms with van der Waals surface area (Å²) in [5.74, 6) is 0.0143. The Balaban J connectivity index is 3.28. The van der Waals surface area contributed by atoms with Gasteiger partial charge in [-0.15, -0.1) is 0 Å². The predicted octanol–water partition coefficient (Wildman–Crippen LogP) is 4.23. The Morgan fingerprint density at radius 1 is 0.824 bits per heavy atom. The molecule has 0 aliphatic heterocycles. The van der Waals surface area contributed by atoms with Crippen LogP contribution < -0.4 is 0 Å². The van der Waals surface area contributed by atoms with Gasteiger partial charge in [0.1, 0.15) is 0 Å². The lowest BCUT2D eigenvalue weighted by molar-refractivity contribution is -0.116. The van der Waals surface area contributed by atoms with E-state index in [9.17, 15) is 9.59 Å². The molecule has 0 saturated carbocycles. The van der Waals surface area contributed by atoms with Gasteiger partial charge >= 0.3 is 0 Å². The van der Waals surface area contributed by atoms with Gasteiger partial charge in [0.05, 0.1) is 0 Å². The van der Waals surface area contributed by atoms with E-state index in [0.29, 0.717) is 6.42 Å². The summed E-state index contributed by atoms with van der Waals surface area (Å²) in [6.45, 7) is 3.68. The topological polar surface area (TPSA) is 34.1 Å². The smallest absolute Gasteiger partial charge is 0.155 e. The molecule has 0 aliphatic rings. The summed E-state index contributed by atoms with van der Waals surface area (Å²) in [5, 5.41) is 0. The average Bonchev–Trinajstić information content (AvgIpc) is 2.30. The lowest BCUT2D eigenvalue weighted by Crippen LogP contribution is -1.94. The van der Waals surface area contributed by atoms with Crippen molar-refractivity contribution in [3.63, 3.8) is 0 Å². The number of allylic oxidation sites excluding steroid dienone is 2. The molecule has 2 heteroatoms. The van der Waals surface area contributed by atoms with Crippen molar-refractivity contribution in [3.8, 4) is 0 Å². The molecule has 17 heavy (non-hydrogen) atoms. The predicted molar refractivity (Wildman–Crippen MR) is 72.1 cm³/mol. The molecule has 0 N–H and O–H groups in total. The van der Waals surface area contributed by atoms with Gasteiger partial charge in [0.15, 0.2) is 11.6 Å². The molecule has 0 atom stereocenters. The normalized spacial score (nSPS) is 10.9.